The normalized spacial score (nSPS) is 26.3. The number of amides is 1. The Kier molecular flexibility index (Phi) is 5.13. The molecule has 3 fully saturated rings. The number of carbonyl (C=O) groups is 1. The monoisotopic (exact) mass is 314 g/mol. The number of carbonyl (C=O) groups excluding carboxylic acids is 1. The van der Waals surface area contributed by atoms with E-state index in [1.54, 1.807) is 6.08 Å². The third-order valence-electron chi connectivity index (χ3n) is 5.12. The lowest BCUT2D eigenvalue weighted by Gasteiger charge is -2.41. The smallest absolute Gasteiger partial charge is 0.244 e. The maximum absolute atomic E-state index is 12.3. The van der Waals surface area contributed by atoms with E-state index in [0.717, 1.165) is 31.6 Å². The number of aliphatic hydroxyl groups is 1. The molecule has 3 saturated heterocycles. The van der Waals surface area contributed by atoms with Crippen molar-refractivity contribution in [2.24, 2.45) is 5.92 Å². The van der Waals surface area contributed by atoms with Gasteiger partial charge in [0.1, 0.15) is 0 Å². The summed E-state index contributed by atoms with van der Waals surface area (Å²) in [5.41, 5.74) is 3.45. The number of rotatable bonds is 5. The van der Waals surface area contributed by atoms with Gasteiger partial charge in [0.2, 0.25) is 5.91 Å². The van der Waals surface area contributed by atoms with Crippen LogP contribution in [0.25, 0.3) is 0 Å². The summed E-state index contributed by atoms with van der Waals surface area (Å²) in [6.45, 7) is 5.27. The number of benzene rings is 1. The van der Waals surface area contributed by atoms with E-state index >= 15 is 0 Å². The molecule has 3 aliphatic rings. The second-order valence-electron chi connectivity index (χ2n) is 6.61. The van der Waals surface area contributed by atoms with E-state index in [1.807, 2.05) is 12.1 Å². The van der Waals surface area contributed by atoms with Gasteiger partial charge in [-0.05, 0) is 55.0 Å². The van der Waals surface area contributed by atoms with Crippen molar-refractivity contribution in [1.29, 1.82) is 0 Å². The minimum Gasteiger partial charge on any atom is -0.394 e. The third kappa shape index (κ3) is 3.82. The Hall–Kier alpha value is -1.65. The summed E-state index contributed by atoms with van der Waals surface area (Å²) in [5.74, 6) is 0.481. The zero-order chi connectivity index (χ0) is 16.2. The zero-order valence-corrected chi connectivity index (χ0v) is 13.8. The van der Waals surface area contributed by atoms with Crippen LogP contribution in [0, 0.1) is 5.92 Å². The molecule has 23 heavy (non-hydrogen) atoms. The van der Waals surface area contributed by atoms with Crippen LogP contribution in [0.1, 0.15) is 36.9 Å². The second-order valence-corrected chi connectivity index (χ2v) is 6.61. The Morgan fingerprint density at radius 3 is 2.57 bits per heavy atom. The molecule has 4 rings (SSSR count). The maximum atomic E-state index is 12.3. The molecule has 1 amide bonds. The molecule has 1 unspecified atom stereocenters. The van der Waals surface area contributed by atoms with Gasteiger partial charge in [-0.3, -0.25) is 9.69 Å². The van der Waals surface area contributed by atoms with E-state index < -0.39 is 0 Å². The van der Waals surface area contributed by atoms with Gasteiger partial charge >= 0.3 is 0 Å². The predicted octanol–water partition coefficient (Wildman–Crippen LogP) is 2.05. The van der Waals surface area contributed by atoms with Gasteiger partial charge in [0.05, 0.1) is 12.6 Å². The fraction of sp³-hybridized carbons (Fsp3) is 0.526. The first-order valence-electron chi connectivity index (χ1n) is 8.62. The van der Waals surface area contributed by atoms with Crippen LogP contribution in [0.15, 0.2) is 35.9 Å². The van der Waals surface area contributed by atoms with Crippen LogP contribution in [0.4, 0.5) is 0 Å². The molecule has 2 bridgehead atoms. The number of fused-ring (bicyclic) bond motifs is 3. The molecule has 0 aromatic heterocycles. The van der Waals surface area contributed by atoms with Crippen LogP contribution in [-0.4, -0.2) is 42.2 Å². The lowest BCUT2D eigenvalue weighted by atomic mass is 9.83. The first-order valence-corrected chi connectivity index (χ1v) is 8.62. The molecule has 124 valence electrons. The lowest BCUT2D eigenvalue weighted by Crippen LogP contribution is -2.43. The molecule has 4 heteroatoms. The van der Waals surface area contributed by atoms with Gasteiger partial charge in [-0.1, -0.05) is 31.2 Å². The van der Waals surface area contributed by atoms with Gasteiger partial charge in [0.25, 0.3) is 0 Å². The molecule has 1 atom stereocenters. The molecule has 0 radical (unpaired) electrons. The van der Waals surface area contributed by atoms with E-state index in [1.165, 1.54) is 24.0 Å². The van der Waals surface area contributed by atoms with Gasteiger partial charge in [-0.25, -0.2) is 0 Å². The topological polar surface area (TPSA) is 52.6 Å². The summed E-state index contributed by atoms with van der Waals surface area (Å²) in [4.78, 5) is 14.7. The average Bonchev–Trinajstić information content (AvgIpc) is 2.61. The molecule has 0 spiro atoms. The zero-order valence-electron chi connectivity index (χ0n) is 13.8. The van der Waals surface area contributed by atoms with Gasteiger partial charge in [0.15, 0.2) is 0 Å². The molecule has 0 saturated carbocycles. The summed E-state index contributed by atoms with van der Waals surface area (Å²) in [6.07, 6.45) is 5.08. The summed E-state index contributed by atoms with van der Waals surface area (Å²) in [5, 5.41) is 12.6. The fourth-order valence-electron chi connectivity index (χ4n) is 3.61. The highest BCUT2D eigenvalue weighted by Crippen LogP contribution is 2.31. The predicted molar refractivity (Wildman–Crippen MR) is 91.0 cm³/mol. The van der Waals surface area contributed by atoms with Crippen molar-refractivity contribution in [3.8, 4) is 0 Å². The van der Waals surface area contributed by atoms with E-state index in [9.17, 15) is 9.90 Å². The molecule has 0 aliphatic carbocycles. The van der Waals surface area contributed by atoms with Crippen molar-refractivity contribution in [3.05, 3.63) is 47.0 Å². The van der Waals surface area contributed by atoms with E-state index in [0.29, 0.717) is 5.92 Å². The Labute approximate surface area is 138 Å². The number of hydrogen-bond donors (Lipinski definition) is 2. The van der Waals surface area contributed by atoms with E-state index in [4.69, 9.17) is 0 Å². The summed E-state index contributed by atoms with van der Waals surface area (Å²) >= 11 is 0. The van der Waals surface area contributed by atoms with Gasteiger partial charge in [0, 0.05) is 12.6 Å². The highest BCUT2D eigenvalue weighted by atomic mass is 16.3. The molecule has 4 nitrogen and oxygen atoms in total. The van der Waals surface area contributed by atoms with Crippen molar-refractivity contribution < 1.29 is 9.90 Å². The first-order chi connectivity index (χ1) is 11.2. The molecule has 1 aromatic rings. The number of nitrogens with one attached hydrogen (secondary N) is 1. The average molecular weight is 314 g/mol. The quantitative estimate of drug-likeness (QED) is 0.818. The van der Waals surface area contributed by atoms with Crippen molar-refractivity contribution >= 4 is 5.91 Å². The standard InChI is InChI=1S/C19H26N2O2/c1-2-14-3-5-16(6-4-14)18(13-22)20-19(23)11-17-12-21-9-7-15(17)8-10-21/h3-6,11,15,18,22H,2,7-10,12-13H2,1H3,(H,20,23)/b17-11-. The molecular formula is C19H26N2O2. The highest BCUT2D eigenvalue weighted by molar-refractivity contribution is 5.88. The number of aryl methyl sites for hydroxylation is 1. The van der Waals surface area contributed by atoms with Crippen molar-refractivity contribution in [2.75, 3.05) is 26.2 Å². The number of hydrogen-bond acceptors (Lipinski definition) is 3. The SMILES string of the molecule is CCc1ccc(C(CO)NC(=O)/C=C2/CN3CCC2CC3)cc1. The number of aliphatic hydroxyl groups excluding tert-OH is 1. The Morgan fingerprint density at radius 2 is 2.04 bits per heavy atom. The Morgan fingerprint density at radius 1 is 1.35 bits per heavy atom. The van der Waals surface area contributed by atoms with Crippen LogP contribution in [-0.2, 0) is 11.2 Å². The van der Waals surface area contributed by atoms with Gasteiger partial charge in [-0.2, -0.15) is 0 Å². The first kappa shape index (κ1) is 16.2. The lowest BCUT2D eigenvalue weighted by molar-refractivity contribution is -0.117. The van der Waals surface area contributed by atoms with Crippen molar-refractivity contribution in [3.63, 3.8) is 0 Å². The van der Waals surface area contributed by atoms with Crippen molar-refractivity contribution in [1.82, 2.24) is 10.2 Å². The van der Waals surface area contributed by atoms with Crippen LogP contribution in [0.2, 0.25) is 0 Å². The van der Waals surface area contributed by atoms with E-state index in [-0.39, 0.29) is 18.6 Å². The van der Waals surface area contributed by atoms with Crippen LogP contribution < -0.4 is 5.32 Å². The fourth-order valence-corrected chi connectivity index (χ4v) is 3.61. The number of piperidine rings is 3. The largest absolute Gasteiger partial charge is 0.394 e. The maximum Gasteiger partial charge on any atom is 0.244 e. The highest BCUT2D eigenvalue weighted by Gasteiger charge is 2.29. The minimum atomic E-state index is -0.341. The Balaban J connectivity index is 1.65. The molecule has 1 aromatic carbocycles. The summed E-state index contributed by atoms with van der Waals surface area (Å²) in [6, 6.07) is 7.74. The third-order valence-corrected chi connectivity index (χ3v) is 5.12. The van der Waals surface area contributed by atoms with Gasteiger partial charge < -0.3 is 10.4 Å². The van der Waals surface area contributed by atoms with Crippen LogP contribution in [0.5, 0.6) is 0 Å². The summed E-state index contributed by atoms with van der Waals surface area (Å²) in [7, 11) is 0. The van der Waals surface area contributed by atoms with Crippen LogP contribution >= 0.6 is 0 Å². The van der Waals surface area contributed by atoms with Crippen molar-refractivity contribution in [2.45, 2.75) is 32.2 Å². The molecule has 3 heterocycles. The minimum absolute atomic E-state index is 0.0874. The molecule has 2 N–H and O–H groups in total. The Bertz CT molecular complexity index is 572. The van der Waals surface area contributed by atoms with E-state index in [2.05, 4.69) is 29.3 Å². The molecular weight excluding hydrogens is 288 g/mol. The molecule has 3 aliphatic heterocycles. The van der Waals surface area contributed by atoms with Gasteiger partial charge in [-0.15, -0.1) is 0 Å². The number of nitrogens with zero attached hydrogens (tertiary/aromatic N) is 1. The summed E-state index contributed by atoms with van der Waals surface area (Å²) < 4.78 is 0. The van der Waals surface area contributed by atoms with Crippen LogP contribution in [0.3, 0.4) is 0 Å². The second kappa shape index (κ2) is 7.28.